The van der Waals surface area contributed by atoms with Gasteiger partial charge in [0.1, 0.15) is 6.17 Å². The molecular formula is C21H23N5. The average molecular weight is 345 g/mol. The zero-order valence-corrected chi connectivity index (χ0v) is 14.7. The van der Waals surface area contributed by atoms with E-state index < -0.39 is 0 Å². The van der Waals surface area contributed by atoms with Crippen LogP contribution in [0.1, 0.15) is 18.4 Å². The third-order valence-corrected chi connectivity index (χ3v) is 5.37. The van der Waals surface area contributed by atoms with Crippen molar-refractivity contribution in [2.24, 2.45) is 0 Å². The van der Waals surface area contributed by atoms with Crippen molar-refractivity contribution in [3.05, 3.63) is 66.9 Å². The van der Waals surface area contributed by atoms with Crippen LogP contribution in [-0.2, 0) is 0 Å². The van der Waals surface area contributed by atoms with Crippen molar-refractivity contribution < 1.29 is 0 Å². The Kier molecular flexibility index (Phi) is 3.87. The van der Waals surface area contributed by atoms with Crippen molar-refractivity contribution in [3.8, 4) is 0 Å². The van der Waals surface area contributed by atoms with E-state index in [1.807, 2.05) is 18.6 Å². The van der Waals surface area contributed by atoms with E-state index in [1.54, 1.807) is 0 Å². The standard InChI is InChI=1S/C21H23N5/c1-2-21-24-9-10-26(21)14-16(1)17-11-15-3-6-23-13-19(15)20(12-17)25-18-4-7-22-8-5-18/h1-3,6,9-14,18,21-22,24-25H,4-5,7-8H2. The zero-order chi connectivity index (χ0) is 17.3. The SMILES string of the molecule is C1=CN2C=C(c3cc(NC4CCNCC4)c4cnccc4c3)C=CC2N1. The number of pyridine rings is 1. The summed E-state index contributed by atoms with van der Waals surface area (Å²) in [6.45, 7) is 2.16. The molecule has 1 fully saturated rings. The summed E-state index contributed by atoms with van der Waals surface area (Å²) in [6, 6.07) is 7.14. The Bertz CT molecular complexity index is 908. The molecule has 0 amide bonds. The second kappa shape index (κ2) is 6.50. The van der Waals surface area contributed by atoms with Gasteiger partial charge in [-0.05, 0) is 66.7 Å². The number of benzene rings is 1. The zero-order valence-electron chi connectivity index (χ0n) is 14.7. The number of nitrogens with one attached hydrogen (secondary N) is 3. The highest BCUT2D eigenvalue weighted by Crippen LogP contribution is 2.32. The van der Waals surface area contributed by atoms with E-state index in [4.69, 9.17) is 0 Å². The molecule has 26 heavy (non-hydrogen) atoms. The summed E-state index contributed by atoms with van der Waals surface area (Å²) < 4.78 is 0. The predicted octanol–water partition coefficient (Wildman–Crippen LogP) is 3.01. The number of aromatic nitrogens is 1. The lowest BCUT2D eigenvalue weighted by Crippen LogP contribution is -2.35. The van der Waals surface area contributed by atoms with Gasteiger partial charge < -0.3 is 20.9 Å². The maximum Gasteiger partial charge on any atom is 0.122 e. The number of hydrogen-bond donors (Lipinski definition) is 3. The minimum Gasteiger partial charge on any atom is -0.382 e. The molecule has 0 aliphatic carbocycles. The van der Waals surface area contributed by atoms with Crippen LogP contribution in [0.3, 0.4) is 0 Å². The van der Waals surface area contributed by atoms with Gasteiger partial charge in [0, 0.05) is 48.1 Å². The summed E-state index contributed by atoms with van der Waals surface area (Å²) in [4.78, 5) is 6.55. The Balaban J connectivity index is 1.54. The molecule has 132 valence electrons. The first-order chi connectivity index (χ1) is 12.9. The van der Waals surface area contributed by atoms with E-state index in [9.17, 15) is 0 Å². The normalized spacial score (nSPS) is 22.2. The second-order valence-electron chi connectivity index (χ2n) is 7.11. The highest BCUT2D eigenvalue weighted by molar-refractivity contribution is 5.97. The molecular weight excluding hydrogens is 322 g/mol. The first-order valence-corrected chi connectivity index (χ1v) is 9.32. The molecule has 5 nitrogen and oxygen atoms in total. The van der Waals surface area contributed by atoms with E-state index in [1.165, 1.54) is 27.6 Å². The summed E-state index contributed by atoms with van der Waals surface area (Å²) in [5, 5.41) is 12.9. The van der Waals surface area contributed by atoms with Crippen molar-refractivity contribution in [1.29, 1.82) is 0 Å². The number of allylic oxidation sites excluding steroid dienone is 2. The molecule has 3 aliphatic heterocycles. The van der Waals surface area contributed by atoms with Crippen LogP contribution in [0.4, 0.5) is 5.69 Å². The maximum absolute atomic E-state index is 4.35. The third-order valence-electron chi connectivity index (χ3n) is 5.37. The van der Waals surface area contributed by atoms with Crippen molar-refractivity contribution in [2.75, 3.05) is 18.4 Å². The van der Waals surface area contributed by atoms with Gasteiger partial charge in [-0.2, -0.15) is 0 Å². The van der Waals surface area contributed by atoms with Gasteiger partial charge in [-0.25, -0.2) is 0 Å². The summed E-state index contributed by atoms with van der Waals surface area (Å²) >= 11 is 0. The van der Waals surface area contributed by atoms with Gasteiger partial charge >= 0.3 is 0 Å². The van der Waals surface area contributed by atoms with Crippen molar-refractivity contribution in [2.45, 2.75) is 25.0 Å². The summed E-state index contributed by atoms with van der Waals surface area (Å²) in [5.74, 6) is 0. The van der Waals surface area contributed by atoms with Gasteiger partial charge in [0.05, 0.1) is 0 Å². The number of piperidine rings is 1. The third kappa shape index (κ3) is 2.84. The fraction of sp³-hybridized carbons (Fsp3) is 0.286. The monoisotopic (exact) mass is 345 g/mol. The lowest BCUT2D eigenvalue weighted by Gasteiger charge is -2.26. The topological polar surface area (TPSA) is 52.2 Å². The lowest BCUT2D eigenvalue weighted by atomic mass is 9.98. The van der Waals surface area contributed by atoms with Gasteiger partial charge in [0.25, 0.3) is 0 Å². The molecule has 0 spiro atoms. The van der Waals surface area contributed by atoms with Crippen LogP contribution in [0.5, 0.6) is 0 Å². The minimum absolute atomic E-state index is 0.246. The molecule has 5 heteroatoms. The van der Waals surface area contributed by atoms with Crippen LogP contribution in [0.2, 0.25) is 0 Å². The van der Waals surface area contributed by atoms with Gasteiger partial charge in [-0.3, -0.25) is 4.98 Å². The van der Waals surface area contributed by atoms with E-state index in [2.05, 4.69) is 68.6 Å². The van der Waals surface area contributed by atoms with E-state index >= 15 is 0 Å². The van der Waals surface area contributed by atoms with Crippen LogP contribution in [0.25, 0.3) is 16.3 Å². The van der Waals surface area contributed by atoms with E-state index in [0.29, 0.717) is 6.04 Å². The number of rotatable bonds is 3. The fourth-order valence-corrected chi connectivity index (χ4v) is 3.92. The smallest absolute Gasteiger partial charge is 0.122 e. The quantitative estimate of drug-likeness (QED) is 0.798. The number of hydrogen-bond acceptors (Lipinski definition) is 5. The van der Waals surface area contributed by atoms with Crippen LogP contribution < -0.4 is 16.0 Å². The van der Waals surface area contributed by atoms with Gasteiger partial charge in [0.2, 0.25) is 0 Å². The molecule has 1 aromatic heterocycles. The van der Waals surface area contributed by atoms with Crippen LogP contribution in [0, 0.1) is 0 Å². The summed E-state index contributed by atoms with van der Waals surface area (Å²) in [7, 11) is 0. The van der Waals surface area contributed by atoms with E-state index in [0.717, 1.165) is 25.9 Å². The molecule has 0 saturated carbocycles. The molecule has 4 heterocycles. The highest BCUT2D eigenvalue weighted by atomic mass is 15.3. The molecule has 2 aromatic rings. The average Bonchev–Trinajstić information content (AvgIpc) is 3.16. The molecule has 1 atom stereocenters. The summed E-state index contributed by atoms with van der Waals surface area (Å²) in [5.41, 5.74) is 3.64. The minimum atomic E-state index is 0.246. The number of fused-ring (bicyclic) bond motifs is 2. The predicted molar refractivity (Wildman–Crippen MR) is 106 cm³/mol. The van der Waals surface area contributed by atoms with Crippen LogP contribution in [-0.4, -0.2) is 35.2 Å². The maximum atomic E-state index is 4.35. The Morgan fingerprint density at radius 1 is 1.19 bits per heavy atom. The van der Waals surface area contributed by atoms with Crippen molar-refractivity contribution in [1.82, 2.24) is 20.5 Å². The van der Waals surface area contributed by atoms with Gasteiger partial charge in [-0.15, -0.1) is 0 Å². The molecule has 0 radical (unpaired) electrons. The fourth-order valence-electron chi connectivity index (χ4n) is 3.92. The second-order valence-corrected chi connectivity index (χ2v) is 7.11. The van der Waals surface area contributed by atoms with Crippen LogP contribution >= 0.6 is 0 Å². The largest absolute Gasteiger partial charge is 0.382 e. The first kappa shape index (κ1) is 15.5. The molecule has 5 rings (SSSR count). The molecule has 1 aromatic carbocycles. The summed E-state index contributed by atoms with van der Waals surface area (Å²) in [6.07, 6.45) is 17.1. The van der Waals surface area contributed by atoms with E-state index in [-0.39, 0.29) is 6.17 Å². The Labute approximate surface area is 153 Å². The number of anilines is 1. The Morgan fingerprint density at radius 2 is 2.12 bits per heavy atom. The molecule has 3 N–H and O–H groups in total. The first-order valence-electron chi connectivity index (χ1n) is 9.32. The van der Waals surface area contributed by atoms with Crippen molar-refractivity contribution in [3.63, 3.8) is 0 Å². The molecule has 0 bridgehead atoms. The molecule has 3 aliphatic rings. The number of nitrogens with zero attached hydrogens (tertiary/aromatic N) is 2. The van der Waals surface area contributed by atoms with Gasteiger partial charge in [-0.1, -0.05) is 6.08 Å². The van der Waals surface area contributed by atoms with Gasteiger partial charge in [0.15, 0.2) is 0 Å². The molecule has 1 unspecified atom stereocenters. The highest BCUT2D eigenvalue weighted by Gasteiger charge is 2.19. The lowest BCUT2D eigenvalue weighted by molar-refractivity contribution is 0.428. The molecule has 1 saturated heterocycles. The Hall–Kier alpha value is -2.79. The van der Waals surface area contributed by atoms with Crippen LogP contribution in [0.15, 0.2) is 61.3 Å². The van der Waals surface area contributed by atoms with Crippen molar-refractivity contribution >= 4 is 22.0 Å². The Morgan fingerprint density at radius 3 is 3.04 bits per heavy atom.